The van der Waals surface area contributed by atoms with Gasteiger partial charge in [0.15, 0.2) is 15.5 Å². The number of nitrogens with one attached hydrogen (secondary N) is 1. The van der Waals surface area contributed by atoms with Gasteiger partial charge in [0.05, 0.1) is 23.7 Å². The summed E-state index contributed by atoms with van der Waals surface area (Å²) in [6.07, 6.45) is 3.11. The number of sulfone groups is 1. The van der Waals surface area contributed by atoms with Gasteiger partial charge in [0.2, 0.25) is 5.91 Å². The van der Waals surface area contributed by atoms with Crippen molar-refractivity contribution in [3.63, 3.8) is 0 Å². The minimum absolute atomic E-state index is 0.00673. The smallest absolute Gasteiger partial charge is 0.264 e. The summed E-state index contributed by atoms with van der Waals surface area (Å²) in [4.78, 5) is 27.8. The normalized spacial score (nSPS) is 20.3. The summed E-state index contributed by atoms with van der Waals surface area (Å²) in [6, 6.07) is -0.302. The van der Waals surface area contributed by atoms with Crippen molar-refractivity contribution in [1.29, 1.82) is 0 Å². The molecule has 0 spiro atoms. The third kappa shape index (κ3) is 2.49. The molecular formula is C12H15N5O4S. The first-order valence-electron chi connectivity index (χ1n) is 6.75. The lowest BCUT2D eigenvalue weighted by atomic mass is 10.3. The van der Waals surface area contributed by atoms with Crippen molar-refractivity contribution in [2.75, 3.05) is 18.6 Å². The highest BCUT2D eigenvalue weighted by molar-refractivity contribution is 7.91. The lowest BCUT2D eigenvalue weighted by molar-refractivity contribution is -0.121. The highest BCUT2D eigenvalue weighted by Gasteiger charge is 2.31. The minimum Gasteiger partial charge on any atom is -0.358 e. The van der Waals surface area contributed by atoms with Crippen molar-refractivity contribution >= 4 is 26.8 Å². The second-order valence-corrected chi connectivity index (χ2v) is 7.46. The molecule has 3 heterocycles. The molecule has 0 radical (unpaired) electrons. The zero-order valence-corrected chi connectivity index (χ0v) is 12.7. The summed E-state index contributed by atoms with van der Waals surface area (Å²) in [6.45, 7) is -0.124. The van der Waals surface area contributed by atoms with Crippen LogP contribution < -0.4 is 10.9 Å². The summed E-state index contributed by atoms with van der Waals surface area (Å²) in [5.74, 6) is -0.183. The maximum absolute atomic E-state index is 12.3. The third-order valence-electron chi connectivity index (χ3n) is 3.73. The molecule has 1 unspecified atom stereocenters. The van der Waals surface area contributed by atoms with Gasteiger partial charge in [-0.25, -0.2) is 18.1 Å². The van der Waals surface area contributed by atoms with Gasteiger partial charge >= 0.3 is 0 Å². The third-order valence-corrected chi connectivity index (χ3v) is 5.48. The first-order chi connectivity index (χ1) is 10.4. The predicted octanol–water partition coefficient (Wildman–Crippen LogP) is -1.30. The Bertz CT molecular complexity index is 898. The molecule has 1 amide bonds. The maximum atomic E-state index is 12.3. The van der Waals surface area contributed by atoms with E-state index in [4.69, 9.17) is 0 Å². The van der Waals surface area contributed by atoms with Gasteiger partial charge in [0.25, 0.3) is 5.56 Å². The van der Waals surface area contributed by atoms with E-state index in [0.29, 0.717) is 12.1 Å². The van der Waals surface area contributed by atoms with Crippen LogP contribution in [0.2, 0.25) is 0 Å². The average Bonchev–Trinajstić information content (AvgIpc) is 3.05. The first kappa shape index (κ1) is 14.7. The first-order valence-corrected chi connectivity index (χ1v) is 8.57. The topological polar surface area (TPSA) is 116 Å². The van der Waals surface area contributed by atoms with E-state index in [2.05, 4.69) is 15.4 Å². The molecule has 0 aliphatic carbocycles. The van der Waals surface area contributed by atoms with E-state index < -0.39 is 9.84 Å². The fourth-order valence-electron chi connectivity index (χ4n) is 2.55. The molecule has 10 heteroatoms. The van der Waals surface area contributed by atoms with Gasteiger partial charge in [0.1, 0.15) is 18.3 Å². The van der Waals surface area contributed by atoms with Crippen molar-refractivity contribution in [2.24, 2.45) is 0 Å². The molecule has 0 bridgehead atoms. The Labute approximate surface area is 125 Å². The lowest BCUT2D eigenvalue weighted by Gasteiger charge is -2.09. The number of rotatable bonds is 3. The summed E-state index contributed by atoms with van der Waals surface area (Å²) < 4.78 is 25.8. The van der Waals surface area contributed by atoms with Crippen LogP contribution in [0.5, 0.6) is 0 Å². The number of hydrogen-bond acceptors (Lipinski definition) is 6. The van der Waals surface area contributed by atoms with Crippen LogP contribution in [-0.2, 0) is 21.2 Å². The SMILES string of the molecule is CNC(=O)Cn1cnc2c(cnn2C2CCS(=O)(=O)C2)c1=O. The van der Waals surface area contributed by atoms with Crippen LogP contribution in [-0.4, -0.2) is 52.2 Å². The van der Waals surface area contributed by atoms with E-state index in [1.807, 2.05) is 0 Å². The monoisotopic (exact) mass is 325 g/mol. The molecule has 1 N–H and O–H groups in total. The fourth-order valence-corrected chi connectivity index (χ4v) is 4.24. The van der Waals surface area contributed by atoms with Gasteiger partial charge in [-0.2, -0.15) is 5.10 Å². The van der Waals surface area contributed by atoms with E-state index in [0.717, 1.165) is 0 Å². The van der Waals surface area contributed by atoms with Gasteiger partial charge in [-0.3, -0.25) is 14.2 Å². The van der Waals surface area contributed by atoms with Crippen LogP contribution in [0.3, 0.4) is 0 Å². The number of carbonyl (C=O) groups is 1. The molecule has 1 saturated heterocycles. The van der Waals surface area contributed by atoms with Crippen LogP contribution in [0.1, 0.15) is 12.5 Å². The van der Waals surface area contributed by atoms with Crippen molar-refractivity contribution in [3.05, 3.63) is 22.9 Å². The van der Waals surface area contributed by atoms with Gasteiger partial charge in [-0.15, -0.1) is 0 Å². The standard InChI is InChI=1S/C12H15N5O4S/c1-13-10(18)5-16-7-14-11-9(12(16)19)4-15-17(11)8-2-3-22(20,21)6-8/h4,7-8H,2-3,5-6H2,1H3,(H,13,18). The molecule has 118 valence electrons. The van der Waals surface area contributed by atoms with Crippen LogP contribution in [0.25, 0.3) is 11.0 Å². The van der Waals surface area contributed by atoms with Crippen LogP contribution in [0.4, 0.5) is 0 Å². The Kier molecular flexibility index (Phi) is 3.47. The quantitative estimate of drug-likeness (QED) is 0.750. The Hall–Kier alpha value is -2.23. The molecule has 0 saturated carbocycles. The van der Waals surface area contributed by atoms with Crippen LogP contribution in [0, 0.1) is 0 Å². The molecule has 9 nitrogen and oxygen atoms in total. The van der Waals surface area contributed by atoms with Gasteiger partial charge in [-0.05, 0) is 6.42 Å². The summed E-state index contributed by atoms with van der Waals surface area (Å²) >= 11 is 0. The molecule has 2 aromatic rings. The number of nitrogens with zero attached hydrogens (tertiary/aromatic N) is 4. The Morgan fingerprint density at radius 3 is 2.91 bits per heavy atom. The summed E-state index contributed by atoms with van der Waals surface area (Å²) in [7, 11) is -1.57. The zero-order valence-electron chi connectivity index (χ0n) is 11.9. The van der Waals surface area contributed by atoms with Gasteiger partial charge < -0.3 is 5.32 Å². The highest BCUT2D eigenvalue weighted by atomic mass is 32.2. The molecule has 1 aliphatic heterocycles. The largest absolute Gasteiger partial charge is 0.358 e. The summed E-state index contributed by atoms with van der Waals surface area (Å²) in [5.41, 5.74) is -0.0269. The van der Waals surface area contributed by atoms with Crippen LogP contribution >= 0.6 is 0 Å². The number of hydrogen-bond donors (Lipinski definition) is 1. The van der Waals surface area contributed by atoms with Crippen molar-refractivity contribution in [2.45, 2.75) is 19.0 Å². The van der Waals surface area contributed by atoms with Gasteiger partial charge in [-0.1, -0.05) is 0 Å². The zero-order chi connectivity index (χ0) is 15.9. The Morgan fingerprint density at radius 2 is 2.27 bits per heavy atom. The fraction of sp³-hybridized carbons (Fsp3) is 0.500. The molecule has 22 heavy (non-hydrogen) atoms. The minimum atomic E-state index is -3.05. The Morgan fingerprint density at radius 1 is 1.50 bits per heavy atom. The van der Waals surface area contributed by atoms with Gasteiger partial charge in [0, 0.05) is 7.05 Å². The lowest BCUT2D eigenvalue weighted by Crippen LogP contribution is -2.30. The van der Waals surface area contributed by atoms with E-state index in [1.165, 1.54) is 28.8 Å². The second-order valence-electron chi connectivity index (χ2n) is 5.23. The average molecular weight is 325 g/mol. The molecule has 0 aromatic carbocycles. The Balaban J connectivity index is 2.01. The molecule has 3 rings (SSSR count). The van der Waals surface area contributed by atoms with Crippen molar-refractivity contribution < 1.29 is 13.2 Å². The maximum Gasteiger partial charge on any atom is 0.264 e. The molecule has 1 aliphatic rings. The number of likely N-dealkylation sites (N-methyl/N-ethyl adjacent to an activating group) is 1. The highest BCUT2D eigenvalue weighted by Crippen LogP contribution is 2.25. The van der Waals surface area contributed by atoms with Crippen molar-refractivity contribution in [3.8, 4) is 0 Å². The van der Waals surface area contributed by atoms with Crippen LogP contribution in [0.15, 0.2) is 17.3 Å². The van der Waals surface area contributed by atoms with E-state index >= 15 is 0 Å². The number of fused-ring (bicyclic) bond motifs is 1. The molecule has 1 atom stereocenters. The molecule has 2 aromatic heterocycles. The van der Waals surface area contributed by atoms with E-state index in [9.17, 15) is 18.0 Å². The predicted molar refractivity (Wildman–Crippen MR) is 78.2 cm³/mol. The second kappa shape index (κ2) is 5.20. The van der Waals surface area contributed by atoms with E-state index in [-0.39, 0.29) is 40.9 Å². The summed E-state index contributed by atoms with van der Waals surface area (Å²) in [5, 5.41) is 6.83. The molecular weight excluding hydrogens is 310 g/mol. The number of carbonyl (C=O) groups excluding carboxylic acids is 1. The number of aromatic nitrogens is 4. The molecule has 1 fully saturated rings. The van der Waals surface area contributed by atoms with E-state index in [1.54, 1.807) is 0 Å². The number of amides is 1. The van der Waals surface area contributed by atoms with Crippen molar-refractivity contribution in [1.82, 2.24) is 24.6 Å².